The lowest BCUT2D eigenvalue weighted by molar-refractivity contribution is -0.116. The Morgan fingerprint density at radius 2 is 1.92 bits per heavy atom. The van der Waals surface area contributed by atoms with Crippen molar-refractivity contribution in [3.63, 3.8) is 0 Å². The van der Waals surface area contributed by atoms with E-state index in [1.54, 1.807) is 24.4 Å². The summed E-state index contributed by atoms with van der Waals surface area (Å²) in [7, 11) is 0. The summed E-state index contributed by atoms with van der Waals surface area (Å²) in [6, 6.07) is 17.2. The van der Waals surface area contributed by atoms with Crippen molar-refractivity contribution in [2.24, 2.45) is 0 Å². The molecule has 37 heavy (non-hydrogen) atoms. The normalized spacial score (nSPS) is 13.8. The van der Waals surface area contributed by atoms with Crippen LogP contribution in [-0.4, -0.2) is 48.0 Å². The maximum Gasteiger partial charge on any atom is 0.254 e. The van der Waals surface area contributed by atoms with E-state index in [2.05, 4.69) is 16.4 Å². The van der Waals surface area contributed by atoms with Gasteiger partial charge in [0.05, 0.1) is 19.8 Å². The number of furan rings is 1. The van der Waals surface area contributed by atoms with Crippen LogP contribution in [-0.2, 0) is 16.1 Å². The summed E-state index contributed by atoms with van der Waals surface area (Å²) < 4.78 is 11.4. The molecule has 8 nitrogen and oxygen atoms in total. The lowest BCUT2D eigenvalue weighted by Gasteiger charge is -2.27. The van der Waals surface area contributed by atoms with Crippen LogP contribution in [0.4, 0.5) is 5.82 Å². The number of benzene rings is 2. The predicted molar refractivity (Wildman–Crippen MR) is 143 cm³/mol. The van der Waals surface area contributed by atoms with Gasteiger partial charge < -0.3 is 25.1 Å². The summed E-state index contributed by atoms with van der Waals surface area (Å²) in [5.41, 5.74) is 10.7. The summed E-state index contributed by atoms with van der Waals surface area (Å²) in [6.45, 7) is 4.61. The van der Waals surface area contributed by atoms with Gasteiger partial charge in [-0.15, -0.1) is 0 Å². The van der Waals surface area contributed by atoms with Gasteiger partial charge in [-0.3, -0.25) is 9.59 Å². The van der Waals surface area contributed by atoms with E-state index in [1.165, 1.54) is 6.08 Å². The third-order valence-electron chi connectivity index (χ3n) is 6.27. The molecule has 0 saturated carbocycles. The molecule has 0 spiro atoms. The van der Waals surface area contributed by atoms with E-state index < -0.39 is 0 Å². The zero-order valence-corrected chi connectivity index (χ0v) is 20.6. The molecule has 2 aromatic carbocycles. The lowest BCUT2D eigenvalue weighted by atomic mass is 9.99. The lowest BCUT2D eigenvalue weighted by Crippen LogP contribution is -2.40. The Hall–Kier alpha value is -4.43. The van der Waals surface area contributed by atoms with Gasteiger partial charge in [-0.05, 0) is 77.7 Å². The van der Waals surface area contributed by atoms with E-state index in [-0.39, 0.29) is 18.4 Å². The summed E-state index contributed by atoms with van der Waals surface area (Å²) >= 11 is 0. The molecule has 2 aromatic heterocycles. The SMILES string of the molecule is Cc1cc(-c2cccc(C(=O)N3CCOCC3)c2)cc2cc(CNC(=O)/C=C/c3ccc(N)nc3)oc12. The van der Waals surface area contributed by atoms with Crippen LogP contribution >= 0.6 is 0 Å². The van der Waals surface area contributed by atoms with Crippen LogP contribution in [0.2, 0.25) is 0 Å². The smallest absolute Gasteiger partial charge is 0.254 e. The topological polar surface area (TPSA) is 111 Å². The minimum Gasteiger partial charge on any atom is -0.459 e. The van der Waals surface area contributed by atoms with Crippen LogP contribution in [0.5, 0.6) is 0 Å². The Balaban J connectivity index is 1.29. The van der Waals surface area contributed by atoms with Crippen LogP contribution in [0.3, 0.4) is 0 Å². The van der Waals surface area contributed by atoms with Crippen LogP contribution in [0, 0.1) is 6.92 Å². The molecule has 5 rings (SSSR count). The minimum absolute atomic E-state index is 0.0194. The van der Waals surface area contributed by atoms with Crippen molar-refractivity contribution in [3.05, 3.63) is 89.3 Å². The largest absolute Gasteiger partial charge is 0.459 e. The maximum atomic E-state index is 12.9. The minimum atomic E-state index is -0.239. The predicted octanol–water partition coefficient (Wildman–Crippen LogP) is 4.19. The second kappa shape index (κ2) is 10.7. The zero-order chi connectivity index (χ0) is 25.8. The number of nitrogens with one attached hydrogen (secondary N) is 1. The van der Waals surface area contributed by atoms with Crippen molar-refractivity contribution in [1.29, 1.82) is 0 Å². The Morgan fingerprint density at radius 1 is 1.08 bits per heavy atom. The molecule has 1 fully saturated rings. The molecule has 0 bridgehead atoms. The molecule has 188 valence electrons. The highest BCUT2D eigenvalue weighted by Gasteiger charge is 2.19. The van der Waals surface area contributed by atoms with E-state index in [9.17, 15) is 9.59 Å². The molecule has 0 unspecified atom stereocenters. The second-order valence-corrected chi connectivity index (χ2v) is 8.98. The van der Waals surface area contributed by atoms with Gasteiger partial charge in [-0.2, -0.15) is 0 Å². The number of ether oxygens (including phenoxy) is 1. The zero-order valence-electron chi connectivity index (χ0n) is 20.6. The fraction of sp³-hybridized carbons (Fsp3) is 0.207. The summed E-state index contributed by atoms with van der Waals surface area (Å²) in [5, 5.41) is 3.78. The van der Waals surface area contributed by atoms with Crippen molar-refractivity contribution in [2.45, 2.75) is 13.5 Å². The van der Waals surface area contributed by atoms with Gasteiger partial charge in [0, 0.05) is 36.3 Å². The first-order valence-electron chi connectivity index (χ1n) is 12.1. The number of carbonyl (C=O) groups excluding carboxylic acids is 2. The number of aryl methyl sites for hydroxylation is 1. The number of amides is 2. The number of hydrogen-bond donors (Lipinski definition) is 2. The molecule has 2 amide bonds. The molecule has 1 aliphatic rings. The Labute approximate surface area is 214 Å². The number of nitrogens with zero attached hydrogens (tertiary/aromatic N) is 2. The number of aromatic nitrogens is 1. The van der Waals surface area contributed by atoms with Gasteiger partial charge in [-0.1, -0.05) is 12.1 Å². The molecular formula is C29H28N4O4. The van der Waals surface area contributed by atoms with Crippen molar-refractivity contribution >= 4 is 34.7 Å². The van der Waals surface area contributed by atoms with Gasteiger partial charge in [0.1, 0.15) is 17.2 Å². The first-order valence-corrected chi connectivity index (χ1v) is 12.1. The Morgan fingerprint density at radius 3 is 2.70 bits per heavy atom. The number of anilines is 1. The standard InChI is InChI=1S/C29H28N4O4/c1-19-13-23(21-3-2-4-22(14-21)29(35)33-9-11-36-12-10-33)15-24-16-25(37-28(19)24)18-32-27(34)8-6-20-5-7-26(30)31-17-20/h2-8,13-17H,9-12,18H2,1H3,(H2,30,31)(H,32,34)/b8-6+. The van der Waals surface area contributed by atoms with Gasteiger partial charge in [0.25, 0.3) is 5.91 Å². The number of fused-ring (bicyclic) bond motifs is 1. The maximum absolute atomic E-state index is 12.9. The monoisotopic (exact) mass is 496 g/mol. The molecule has 0 atom stereocenters. The first kappa shape index (κ1) is 24.3. The third-order valence-corrected chi connectivity index (χ3v) is 6.27. The Bertz CT molecular complexity index is 1470. The van der Waals surface area contributed by atoms with Crippen molar-refractivity contribution < 1.29 is 18.7 Å². The van der Waals surface area contributed by atoms with Crippen molar-refractivity contribution in [2.75, 3.05) is 32.0 Å². The average Bonchev–Trinajstić information content (AvgIpc) is 3.35. The summed E-state index contributed by atoms with van der Waals surface area (Å²) in [5.74, 6) is 0.865. The molecule has 1 aliphatic heterocycles. The highest BCUT2D eigenvalue weighted by molar-refractivity contribution is 5.96. The third kappa shape index (κ3) is 5.70. The summed E-state index contributed by atoms with van der Waals surface area (Å²) in [6.07, 6.45) is 4.73. The van der Waals surface area contributed by atoms with Crippen LogP contribution in [0.1, 0.15) is 27.2 Å². The number of hydrogen-bond acceptors (Lipinski definition) is 6. The van der Waals surface area contributed by atoms with Crippen molar-refractivity contribution in [1.82, 2.24) is 15.2 Å². The number of pyridine rings is 1. The van der Waals surface area contributed by atoms with Gasteiger partial charge >= 0.3 is 0 Å². The van der Waals surface area contributed by atoms with Crippen molar-refractivity contribution in [3.8, 4) is 11.1 Å². The average molecular weight is 497 g/mol. The first-order chi connectivity index (χ1) is 18.0. The molecule has 0 radical (unpaired) electrons. The second-order valence-electron chi connectivity index (χ2n) is 8.98. The van der Waals surface area contributed by atoms with Crippen LogP contribution in [0.25, 0.3) is 28.2 Å². The fourth-order valence-electron chi connectivity index (χ4n) is 4.34. The number of rotatable bonds is 6. The van der Waals surface area contributed by atoms with E-state index in [0.717, 1.165) is 33.2 Å². The number of nitrogens with two attached hydrogens (primary N) is 1. The molecule has 3 heterocycles. The molecule has 1 saturated heterocycles. The Kier molecular flexibility index (Phi) is 7.00. The van der Waals surface area contributed by atoms with E-state index in [1.807, 2.05) is 48.2 Å². The quantitative estimate of drug-likeness (QED) is 0.388. The fourth-order valence-corrected chi connectivity index (χ4v) is 4.34. The van der Waals surface area contributed by atoms with Crippen LogP contribution < -0.4 is 11.1 Å². The summed E-state index contributed by atoms with van der Waals surface area (Å²) in [4.78, 5) is 31.0. The van der Waals surface area contributed by atoms with Crippen LogP contribution in [0.15, 0.2) is 71.3 Å². The number of morpholine rings is 1. The number of carbonyl (C=O) groups is 2. The highest BCUT2D eigenvalue weighted by Crippen LogP contribution is 2.30. The van der Waals surface area contributed by atoms with Gasteiger partial charge in [0.2, 0.25) is 5.91 Å². The van der Waals surface area contributed by atoms with Gasteiger partial charge in [-0.25, -0.2) is 4.98 Å². The molecule has 3 N–H and O–H groups in total. The van der Waals surface area contributed by atoms with E-state index in [0.29, 0.717) is 43.4 Å². The number of nitrogen functional groups attached to an aromatic ring is 1. The highest BCUT2D eigenvalue weighted by atomic mass is 16.5. The van der Waals surface area contributed by atoms with E-state index in [4.69, 9.17) is 14.9 Å². The van der Waals surface area contributed by atoms with E-state index >= 15 is 0 Å². The van der Waals surface area contributed by atoms with Gasteiger partial charge in [0.15, 0.2) is 0 Å². The molecular weight excluding hydrogens is 468 g/mol. The molecule has 8 heteroatoms. The molecule has 0 aliphatic carbocycles. The molecule has 4 aromatic rings.